The Morgan fingerprint density at radius 1 is 1.17 bits per heavy atom. The zero-order chi connectivity index (χ0) is 12.5. The van der Waals surface area contributed by atoms with Crippen molar-refractivity contribution in [1.82, 2.24) is 14.6 Å². The fourth-order valence-electron chi connectivity index (χ4n) is 1.97. The van der Waals surface area contributed by atoms with E-state index < -0.39 is 0 Å². The van der Waals surface area contributed by atoms with E-state index in [0.29, 0.717) is 17.8 Å². The quantitative estimate of drug-likeness (QED) is 0.690. The van der Waals surface area contributed by atoms with Crippen molar-refractivity contribution in [2.75, 3.05) is 0 Å². The van der Waals surface area contributed by atoms with Crippen LogP contribution in [-0.2, 0) is 6.42 Å². The summed E-state index contributed by atoms with van der Waals surface area (Å²) in [5, 5.41) is 4.35. The minimum Gasteiger partial charge on any atom is -0.221 e. The second-order valence-corrected chi connectivity index (χ2v) is 4.26. The molecule has 0 saturated heterocycles. The molecule has 0 aliphatic heterocycles. The summed E-state index contributed by atoms with van der Waals surface area (Å²) < 4.78 is 15.3. The van der Waals surface area contributed by atoms with E-state index in [1.165, 1.54) is 6.07 Å². The molecular weight excluding hydrogens is 229 g/mol. The van der Waals surface area contributed by atoms with Gasteiger partial charge in [0.25, 0.3) is 0 Å². The number of hydrogen-bond acceptors (Lipinski definition) is 2. The van der Waals surface area contributed by atoms with Crippen molar-refractivity contribution < 1.29 is 4.39 Å². The van der Waals surface area contributed by atoms with Crippen molar-refractivity contribution in [1.29, 1.82) is 0 Å². The first kappa shape index (κ1) is 10.9. The highest BCUT2D eigenvalue weighted by atomic mass is 19.1. The van der Waals surface area contributed by atoms with Crippen LogP contribution in [0.2, 0.25) is 0 Å². The molecule has 0 spiro atoms. The summed E-state index contributed by atoms with van der Waals surface area (Å²) in [4.78, 5) is 4.43. The second kappa shape index (κ2) is 4.22. The van der Waals surface area contributed by atoms with Crippen molar-refractivity contribution in [2.24, 2.45) is 0 Å². The third-order valence-electron chi connectivity index (χ3n) is 2.91. The Labute approximate surface area is 104 Å². The summed E-state index contributed by atoms with van der Waals surface area (Å²) in [5.74, 6) is 0.419. The zero-order valence-corrected chi connectivity index (χ0v) is 9.97. The molecule has 0 fully saturated rings. The number of hydrogen-bond donors (Lipinski definition) is 0. The highest BCUT2D eigenvalue weighted by molar-refractivity contribution is 5.46. The average Bonchev–Trinajstić information content (AvgIpc) is 2.76. The maximum absolute atomic E-state index is 13.5. The summed E-state index contributed by atoms with van der Waals surface area (Å²) in [6, 6.07) is 10.6. The number of aryl methyl sites for hydroxylation is 1. The molecule has 0 atom stereocenters. The van der Waals surface area contributed by atoms with E-state index in [-0.39, 0.29) is 5.82 Å². The topological polar surface area (TPSA) is 30.2 Å². The molecule has 3 aromatic rings. The van der Waals surface area contributed by atoms with Gasteiger partial charge in [-0.1, -0.05) is 24.3 Å². The van der Waals surface area contributed by atoms with Crippen LogP contribution in [-0.4, -0.2) is 14.6 Å². The lowest BCUT2D eigenvalue weighted by molar-refractivity contribution is 0.612. The first-order chi connectivity index (χ1) is 8.74. The van der Waals surface area contributed by atoms with Gasteiger partial charge in [0.05, 0.1) is 0 Å². The molecule has 0 amide bonds. The van der Waals surface area contributed by atoms with Crippen molar-refractivity contribution >= 4 is 5.65 Å². The molecule has 0 saturated carbocycles. The van der Waals surface area contributed by atoms with Gasteiger partial charge in [0.2, 0.25) is 0 Å². The fraction of sp³-hybridized carbons (Fsp3) is 0.143. The van der Waals surface area contributed by atoms with Gasteiger partial charge in [0.1, 0.15) is 5.82 Å². The second-order valence-electron chi connectivity index (χ2n) is 4.26. The molecule has 3 nitrogen and oxygen atoms in total. The third-order valence-corrected chi connectivity index (χ3v) is 2.91. The first-order valence-corrected chi connectivity index (χ1v) is 5.78. The molecule has 0 aliphatic carbocycles. The van der Waals surface area contributed by atoms with Gasteiger partial charge in [0.15, 0.2) is 11.5 Å². The molecule has 2 heterocycles. The van der Waals surface area contributed by atoms with Gasteiger partial charge in [-0.05, 0) is 30.2 Å². The Balaban J connectivity index is 2.01. The Kier molecular flexibility index (Phi) is 2.55. The number of nitrogens with zero attached hydrogens (tertiary/aromatic N) is 3. The minimum atomic E-state index is -0.215. The van der Waals surface area contributed by atoms with E-state index in [2.05, 4.69) is 10.1 Å². The molecular formula is C14H12FN3. The highest BCUT2D eigenvalue weighted by Gasteiger charge is 2.08. The number of pyridine rings is 1. The number of aromatic nitrogens is 3. The summed E-state index contributed by atoms with van der Waals surface area (Å²) in [6.07, 6.45) is 2.26. The maximum Gasteiger partial charge on any atom is 0.158 e. The average molecular weight is 241 g/mol. The van der Waals surface area contributed by atoms with Gasteiger partial charge in [-0.2, -0.15) is 5.10 Å². The summed E-state index contributed by atoms with van der Waals surface area (Å²) >= 11 is 0. The van der Waals surface area contributed by atoms with Crippen LogP contribution in [0.25, 0.3) is 5.65 Å². The lowest BCUT2D eigenvalue weighted by Crippen LogP contribution is -1.94. The Morgan fingerprint density at radius 3 is 2.78 bits per heavy atom. The number of halogens is 1. The Bertz CT molecular complexity index is 703. The zero-order valence-electron chi connectivity index (χ0n) is 9.97. The standard InChI is InChI=1S/C14H12FN3/c1-10-5-4-8-18-14(10)16-13(17-18)9-11-6-2-3-7-12(11)15/h2-8H,9H2,1H3. The van der Waals surface area contributed by atoms with Gasteiger partial charge in [-0.3, -0.25) is 0 Å². The van der Waals surface area contributed by atoms with E-state index in [0.717, 1.165) is 11.2 Å². The van der Waals surface area contributed by atoms with Crippen molar-refractivity contribution in [3.05, 3.63) is 65.4 Å². The van der Waals surface area contributed by atoms with Gasteiger partial charge in [-0.25, -0.2) is 13.9 Å². The van der Waals surface area contributed by atoms with Crippen molar-refractivity contribution in [2.45, 2.75) is 13.3 Å². The fourth-order valence-corrected chi connectivity index (χ4v) is 1.97. The Morgan fingerprint density at radius 2 is 2.00 bits per heavy atom. The van der Waals surface area contributed by atoms with Gasteiger partial charge in [0, 0.05) is 12.6 Å². The molecule has 0 N–H and O–H groups in total. The lowest BCUT2D eigenvalue weighted by atomic mass is 10.1. The smallest absolute Gasteiger partial charge is 0.158 e. The van der Waals surface area contributed by atoms with Gasteiger partial charge >= 0.3 is 0 Å². The van der Waals surface area contributed by atoms with E-state index in [1.807, 2.05) is 31.3 Å². The molecule has 3 rings (SSSR count). The summed E-state index contributed by atoms with van der Waals surface area (Å²) in [5.41, 5.74) is 2.50. The summed E-state index contributed by atoms with van der Waals surface area (Å²) in [6.45, 7) is 1.98. The molecule has 0 aliphatic rings. The summed E-state index contributed by atoms with van der Waals surface area (Å²) in [7, 11) is 0. The molecule has 0 radical (unpaired) electrons. The van der Waals surface area contributed by atoms with Crippen LogP contribution in [0.15, 0.2) is 42.6 Å². The number of benzene rings is 1. The predicted octanol–water partition coefficient (Wildman–Crippen LogP) is 2.77. The molecule has 0 unspecified atom stereocenters. The highest BCUT2D eigenvalue weighted by Crippen LogP contribution is 2.13. The van der Waals surface area contributed by atoms with Crippen LogP contribution in [0, 0.1) is 12.7 Å². The number of rotatable bonds is 2. The van der Waals surface area contributed by atoms with Gasteiger partial charge in [-0.15, -0.1) is 0 Å². The van der Waals surface area contributed by atoms with Crippen LogP contribution in [0.3, 0.4) is 0 Å². The SMILES string of the molecule is Cc1cccn2nc(Cc3ccccc3F)nc12. The van der Waals surface area contributed by atoms with Crippen LogP contribution in [0.1, 0.15) is 17.0 Å². The normalized spacial score (nSPS) is 11.0. The van der Waals surface area contributed by atoms with Crippen LogP contribution in [0.5, 0.6) is 0 Å². The monoisotopic (exact) mass is 241 g/mol. The molecule has 1 aromatic carbocycles. The van der Waals surface area contributed by atoms with Crippen LogP contribution < -0.4 is 0 Å². The van der Waals surface area contributed by atoms with Crippen LogP contribution >= 0.6 is 0 Å². The van der Waals surface area contributed by atoms with Crippen LogP contribution in [0.4, 0.5) is 4.39 Å². The van der Waals surface area contributed by atoms with Crippen molar-refractivity contribution in [3.63, 3.8) is 0 Å². The molecule has 90 valence electrons. The van der Waals surface area contributed by atoms with E-state index in [9.17, 15) is 4.39 Å². The number of fused-ring (bicyclic) bond motifs is 1. The third kappa shape index (κ3) is 1.86. The maximum atomic E-state index is 13.5. The van der Waals surface area contributed by atoms with E-state index in [1.54, 1.807) is 16.6 Å². The lowest BCUT2D eigenvalue weighted by Gasteiger charge is -1.97. The molecule has 18 heavy (non-hydrogen) atoms. The largest absolute Gasteiger partial charge is 0.221 e. The minimum absolute atomic E-state index is 0.215. The predicted molar refractivity (Wildman–Crippen MR) is 66.9 cm³/mol. The molecule has 0 bridgehead atoms. The van der Waals surface area contributed by atoms with E-state index in [4.69, 9.17) is 0 Å². The van der Waals surface area contributed by atoms with Gasteiger partial charge < -0.3 is 0 Å². The molecule has 2 aromatic heterocycles. The van der Waals surface area contributed by atoms with E-state index >= 15 is 0 Å². The molecule has 4 heteroatoms. The first-order valence-electron chi connectivity index (χ1n) is 5.78. The van der Waals surface area contributed by atoms with Crippen molar-refractivity contribution in [3.8, 4) is 0 Å². The Hall–Kier alpha value is -2.23.